The molecule has 4 unspecified atom stereocenters. The summed E-state index contributed by atoms with van der Waals surface area (Å²) in [6.45, 7) is 2.34. The van der Waals surface area contributed by atoms with Gasteiger partial charge < -0.3 is 26.0 Å². The van der Waals surface area contributed by atoms with Crippen LogP contribution in [0.25, 0.3) is 0 Å². The molecule has 0 aliphatic carbocycles. The summed E-state index contributed by atoms with van der Waals surface area (Å²) in [7, 11) is 0. The van der Waals surface area contributed by atoms with Crippen molar-refractivity contribution in [1.29, 1.82) is 0 Å². The summed E-state index contributed by atoms with van der Waals surface area (Å²) in [5.41, 5.74) is 7.13. The summed E-state index contributed by atoms with van der Waals surface area (Å²) >= 11 is 0. The highest BCUT2D eigenvalue weighted by Gasteiger charge is 2.44. The first-order valence-corrected chi connectivity index (χ1v) is 8.08. The van der Waals surface area contributed by atoms with Gasteiger partial charge in [-0.1, -0.05) is 30.3 Å². The number of hydrogen-bond donors (Lipinski definition) is 4. The smallest absolute Gasteiger partial charge is 0.181 e. The number of aliphatic hydroxyl groups excluding tert-OH is 2. The number of nitrogens with one attached hydrogen (secondary N) is 1. The van der Waals surface area contributed by atoms with E-state index in [1.807, 2.05) is 30.3 Å². The number of carbonyl (C=O) groups excluding carboxylic acids is 1. The fraction of sp³-hybridized carbons (Fsp3) is 0.412. The molecule has 134 valence electrons. The standard InChI is InChI=1S/C17H22N4O4/c1-10(22)13-16(18)21(9-20-13)17-15(24)14(23)12(25-17)8-19-7-11-5-3-2-4-6-11/h2-6,9,12,14-15,17,19,23-24H,7-8,18H2,1H3. The third-order valence-electron chi connectivity index (χ3n) is 4.29. The van der Waals surface area contributed by atoms with Crippen molar-refractivity contribution < 1.29 is 19.7 Å². The maximum atomic E-state index is 11.5. The number of ketones is 1. The van der Waals surface area contributed by atoms with Crippen LogP contribution in [0.2, 0.25) is 0 Å². The highest BCUT2D eigenvalue weighted by atomic mass is 16.6. The van der Waals surface area contributed by atoms with Gasteiger partial charge >= 0.3 is 0 Å². The van der Waals surface area contributed by atoms with Crippen LogP contribution in [0.5, 0.6) is 0 Å². The predicted molar refractivity (Wildman–Crippen MR) is 90.7 cm³/mol. The van der Waals surface area contributed by atoms with E-state index in [-0.39, 0.29) is 17.3 Å². The number of hydrogen-bond acceptors (Lipinski definition) is 7. The molecular formula is C17H22N4O4. The van der Waals surface area contributed by atoms with E-state index in [1.165, 1.54) is 17.8 Å². The van der Waals surface area contributed by atoms with Gasteiger partial charge in [0.1, 0.15) is 29.8 Å². The highest BCUT2D eigenvalue weighted by molar-refractivity contribution is 5.96. The number of benzene rings is 1. The molecule has 1 aliphatic rings. The number of nitrogens with two attached hydrogens (primary N) is 1. The first-order chi connectivity index (χ1) is 12.0. The number of carbonyl (C=O) groups is 1. The molecule has 2 aromatic rings. The van der Waals surface area contributed by atoms with Gasteiger partial charge in [0.2, 0.25) is 0 Å². The second-order valence-electron chi connectivity index (χ2n) is 6.10. The Morgan fingerprint density at radius 2 is 2.04 bits per heavy atom. The molecule has 1 aromatic heterocycles. The molecule has 5 N–H and O–H groups in total. The van der Waals surface area contributed by atoms with Crippen molar-refractivity contribution in [1.82, 2.24) is 14.9 Å². The third kappa shape index (κ3) is 3.57. The fourth-order valence-corrected chi connectivity index (χ4v) is 2.93. The van der Waals surface area contributed by atoms with Gasteiger partial charge in [-0.05, 0) is 5.56 Å². The molecule has 0 amide bonds. The number of aromatic nitrogens is 2. The Bertz CT molecular complexity index is 734. The maximum Gasteiger partial charge on any atom is 0.181 e. The number of nitrogens with zero attached hydrogens (tertiary/aromatic N) is 2. The van der Waals surface area contributed by atoms with Gasteiger partial charge in [-0.3, -0.25) is 9.36 Å². The first kappa shape index (κ1) is 17.6. The number of anilines is 1. The monoisotopic (exact) mass is 346 g/mol. The number of rotatable bonds is 6. The molecule has 8 nitrogen and oxygen atoms in total. The zero-order valence-corrected chi connectivity index (χ0v) is 13.9. The summed E-state index contributed by atoms with van der Waals surface area (Å²) < 4.78 is 7.13. The summed E-state index contributed by atoms with van der Waals surface area (Å²) in [4.78, 5) is 15.4. The number of imidazole rings is 1. The van der Waals surface area contributed by atoms with Crippen LogP contribution in [0, 0.1) is 0 Å². The largest absolute Gasteiger partial charge is 0.387 e. The lowest BCUT2D eigenvalue weighted by atomic mass is 10.1. The lowest BCUT2D eigenvalue weighted by Crippen LogP contribution is -2.37. The Hall–Kier alpha value is -2.26. The SMILES string of the molecule is CC(=O)c1ncn(C2OC(CNCc3ccccc3)C(O)C2O)c1N. The van der Waals surface area contributed by atoms with Gasteiger partial charge in [0, 0.05) is 20.0 Å². The zero-order valence-electron chi connectivity index (χ0n) is 13.9. The van der Waals surface area contributed by atoms with E-state index in [4.69, 9.17) is 10.5 Å². The molecule has 1 aromatic carbocycles. The highest BCUT2D eigenvalue weighted by Crippen LogP contribution is 2.31. The van der Waals surface area contributed by atoms with Crippen LogP contribution >= 0.6 is 0 Å². The minimum Gasteiger partial charge on any atom is -0.387 e. The molecule has 1 fully saturated rings. The van der Waals surface area contributed by atoms with Gasteiger partial charge in [0.25, 0.3) is 0 Å². The Morgan fingerprint density at radius 1 is 1.32 bits per heavy atom. The topological polar surface area (TPSA) is 123 Å². The van der Waals surface area contributed by atoms with E-state index in [9.17, 15) is 15.0 Å². The second-order valence-corrected chi connectivity index (χ2v) is 6.10. The Labute approximate surface area is 145 Å². The van der Waals surface area contributed by atoms with Gasteiger partial charge in [-0.25, -0.2) is 4.98 Å². The van der Waals surface area contributed by atoms with E-state index >= 15 is 0 Å². The molecule has 3 rings (SSSR count). The molecule has 0 radical (unpaired) electrons. The molecule has 4 atom stereocenters. The summed E-state index contributed by atoms with van der Waals surface area (Å²) in [6.07, 6.45) is -2.40. The molecule has 25 heavy (non-hydrogen) atoms. The molecule has 0 spiro atoms. The molecule has 2 heterocycles. The van der Waals surface area contributed by atoms with Gasteiger partial charge in [-0.2, -0.15) is 0 Å². The average Bonchev–Trinajstić information content (AvgIpc) is 3.11. The fourth-order valence-electron chi connectivity index (χ4n) is 2.93. The van der Waals surface area contributed by atoms with Crippen molar-refractivity contribution in [3.8, 4) is 0 Å². The van der Waals surface area contributed by atoms with E-state index in [0.29, 0.717) is 13.1 Å². The maximum absolute atomic E-state index is 11.5. The number of Topliss-reactive ketones (excluding diaryl/α,β-unsaturated/α-hetero) is 1. The molecule has 1 saturated heterocycles. The van der Waals surface area contributed by atoms with E-state index in [0.717, 1.165) is 5.56 Å². The van der Waals surface area contributed by atoms with Crippen LogP contribution in [0.1, 0.15) is 29.2 Å². The van der Waals surface area contributed by atoms with Crippen molar-refractivity contribution in [2.75, 3.05) is 12.3 Å². The van der Waals surface area contributed by atoms with Crippen molar-refractivity contribution in [3.05, 3.63) is 47.9 Å². The van der Waals surface area contributed by atoms with Crippen molar-refractivity contribution in [2.24, 2.45) is 0 Å². The lowest BCUT2D eigenvalue weighted by Gasteiger charge is -2.17. The summed E-state index contributed by atoms with van der Waals surface area (Å²) in [5, 5.41) is 23.7. The van der Waals surface area contributed by atoms with Crippen molar-refractivity contribution in [2.45, 2.75) is 38.0 Å². The number of nitrogen functional groups attached to an aromatic ring is 1. The van der Waals surface area contributed by atoms with Gasteiger partial charge in [0.05, 0.1) is 6.33 Å². The first-order valence-electron chi connectivity index (χ1n) is 8.08. The number of ether oxygens (including phenoxy) is 1. The van der Waals surface area contributed by atoms with Gasteiger partial charge in [0.15, 0.2) is 12.0 Å². The van der Waals surface area contributed by atoms with E-state index in [2.05, 4.69) is 10.3 Å². The Kier molecular flexibility index (Phi) is 5.14. The minimum atomic E-state index is -1.17. The summed E-state index contributed by atoms with van der Waals surface area (Å²) in [5.74, 6) is -0.160. The third-order valence-corrected chi connectivity index (χ3v) is 4.29. The number of aliphatic hydroxyl groups is 2. The predicted octanol–water partition coefficient (Wildman–Crippen LogP) is 0.0769. The Morgan fingerprint density at radius 3 is 2.68 bits per heavy atom. The minimum absolute atomic E-state index is 0.113. The average molecular weight is 346 g/mol. The molecule has 0 bridgehead atoms. The molecular weight excluding hydrogens is 324 g/mol. The van der Waals surface area contributed by atoms with Crippen LogP contribution in [0.4, 0.5) is 5.82 Å². The van der Waals surface area contributed by atoms with E-state index < -0.39 is 24.5 Å². The molecule has 1 aliphatic heterocycles. The Balaban J connectivity index is 1.64. The quantitative estimate of drug-likeness (QED) is 0.546. The molecule has 0 saturated carbocycles. The normalized spacial score (nSPS) is 26.0. The second kappa shape index (κ2) is 7.32. The van der Waals surface area contributed by atoms with Gasteiger partial charge in [-0.15, -0.1) is 0 Å². The van der Waals surface area contributed by atoms with Crippen LogP contribution in [0.15, 0.2) is 36.7 Å². The van der Waals surface area contributed by atoms with Crippen LogP contribution in [-0.2, 0) is 11.3 Å². The van der Waals surface area contributed by atoms with Crippen molar-refractivity contribution in [3.63, 3.8) is 0 Å². The zero-order chi connectivity index (χ0) is 18.0. The molecule has 8 heteroatoms. The van der Waals surface area contributed by atoms with Crippen LogP contribution in [-0.4, -0.2) is 50.4 Å². The van der Waals surface area contributed by atoms with Crippen LogP contribution < -0.4 is 11.1 Å². The van der Waals surface area contributed by atoms with Crippen LogP contribution in [0.3, 0.4) is 0 Å². The lowest BCUT2D eigenvalue weighted by molar-refractivity contribution is -0.0351. The van der Waals surface area contributed by atoms with Crippen molar-refractivity contribution >= 4 is 11.6 Å². The summed E-state index contributed by atoms with van der Waals surface area (Å²) in [6, 6.07) is 9.83. The van der Waals surface area contributed by atoms with E-state index in [1.54, 1.807) is 0 Å².